The van der Waals surface area contributed by atoms with Crippen molar-refractivity contribution >= 4 is 11.6 Å². The van der Waals surface area contributed by atoms with E-state index in [0.717, 1.165) is 6.07 Å². The van der Waals surface area contributed by atoms with Gasteiger partial charge < -0.3 is 4.74 Å². The van der Waals surface area contributed by atoms with Crippen LogP contribution in [0.15, 0.2) is 12.1 Å². The van der Waals surface area contributed by atoms with E-state index in [2.05, 4.69) is 5.92 Å². The van der Waals surface area contributed by atoms with Crippen molar-refractivity contribution in [1.29, 1.82) is 0 Å². The van der Waals surface area contributed by atoms with Gasteiger partial charge in [-0.2, -0.15) is 0 Å². The summed E-state index contributed by atoms with van der Waals surface area (Å²) in [7, 11) is 1.44. The molecule has 0 spiro atoms. The van der Waals surface area contributed by atoms with Gasteiger partial charge >= 0.3 is 0 Å². The van der Waals surface area contributed by atoms with Gasteiger partial charge in [-0.3, -0.25) is 0 Å². The molecule has 0 aliphatic heterocycles. The third-order valence-electron chi connectivity index (χ3n) is 1.40. The van der Waals surface area contributed by atoms with E-state index in [0.29, 0.717) is 5.75 Å². The van der Waals surface area contributed by atoms with Gasteiger partial charge in [0.05, 0.1) is 17.7 Å². The van der Waals surface area contributed by atoms with Gasteiger partial charge in [-0.1, -0.05) is 17.5 Å². The fourth-order valence-corrected chi connectivity index (χ4v) is 1.02. The second-order valence-electron chi connectivity index (χ2n) is 2.11. The van der Waals surface area contributed by atoms with Crippen LogP contribution < -0.4 is 4.74 Å². The minimum absolute atomic E-state index is 0.149. The number of terminal acetylenes is 1. The third-order valence-corrected chi connectivity index (χ3v) is 1.69. The topological polar surface area (TPSA) is 9.23 Å². The molecule has 62 valence electrons. The molecule has 0 unspecified atom stereocenters. The van der Waals surface area contributed by atoms with E-state index in [9.17, 15) is 4.39 Å². The summed E-state index contributed by atoms with van der Waals surface area (Å²) in [5.74, 6) is 2.05. The molecule has 1 aromatic carbocycles. The summed E-state index contributed by atoms with van der Waals surface area (Å²) < 4.78 is 17.7. The Morgan fingerprint density at radius 1 is 1.58 bits per heavy atom. The van der Waals surface area contributed by atoms with Crippen LogP contribution in [0.1, 0.15) is 5.56 Å². The molecule has 0 heterocycles. The van der Waals surface area contributed by atoms with Crippen LogP contribution in [-0.2, 0) is 0 Å². The summed E-state index contributed by atoms with van der Waals surface area (Å²) in [6.07, 6.45) is 5.04. The van der Waals surface area contributed by atoms with Gasteiger partial charge in [0.2, 0.25) is 0 Å². The number of benzene rings is 1. The van der Waals surface area contributed by atoms with Crippen LogP contribution in [0.2, 0.25) is 5.02 Å². The highest BCUT2D eigenvalue weighted by Gasteiger charge is 2.06. The predicted molar refractivity (Wildman–Crippen MR) is 45.9 cm³/mol. The number of methoxy groups -OCH3 is 1. The van der Waals surface area contributed by atoms with Crippen molar-refractivity contribution in [2.24, 2.45) is 0 Å². The van der Waals surface area contributed by atoms with E-state index >= 15 is 0 Å². The first-order valence-corrected chi connectivity index (χ1v) is 3.56. The van der Waals surface area contributed by atoms with E-state index in [4.69, 9.17) is 22.8 Å². The summed E-state index contributed by atoms with van der Waals surface area (Å²) >= 11 is 5.62. The summed E-state index contributed by atoms with van der Waals surface area (Å²) in [5, 5.41) is 0.217. The van der Waals surface area contributed by atoms with Crippen molar-refractivity contribution in [2.75, 3.05) is 7.11 Å². The van der Waals surface area contributed by atoms with Crippen LogP contribution in [0.25, 0.3) is 0 Å². The molecule has 0 aromatic heterocycles. The molecule has 0 aliphatic rings. The zero-order valence-electron chi connectivity index (χ0n) is 6.40. The maximum atomic E-state index is 12.9. The Morgan fingerprint density at radius 3 is 2.75 bits per heavy atom. The van der Waals surface area contributed by atoms with Crippen LogP contribution in [0.3, 0.4) is 0 Å². The average molecular weight is 185 g/mol. The summed E-state index contributed by atoms with van der Waals surface area (Å²) in [6.45, 7) is 0. The van der Waals surface area contributed by atoms with Gasteiger partial charge in [0.15, 0.2) is 0 Å². The molecule has 1 nitrogen and oxygen atoms in total. The van der Waals surface area contributed by atoms with E-state index in [1.807, 2.05) is 0 Å². The molecule has 0 aliphatic carbocycles. The Labute approximate surface area is 75.1 Å². The molecule has 0 radical (unpaired) electrons. The fraction of sp³-hybridized carbons (Fsp3) is 0.111. The van der Waals surface area contributed by atoms with E-state index in [1.165, 1.54) is 13.2 Å². The van der Waals surface area contributed by atoms with Gasteiger partial charge in [0.1, 0.15) is 11.6 Å². The predicted octanol–water partition coefficient (Wildman–Crippen LogP) is 2.47. The number of hydrogen-bond donors (Lipinski definition) is 0. The molecular weight excluding hydrogens is 179 g/mol. The van der Waals surface area contributed by atoms with Crippen molar-refractivity contribution in [1.82, 2.24) is 0 Å². The van der Waals surface area contributed by atoms with Crippen LogP contribution >= 0.6 is 11.6 Å². The zero-order chi connectivity index (χ0) is 9.14. The first-order chi connectivity index (χ1) is 5.69. The summed E-state index contributed by atoms with van der Waals surface area (Å²) in [5.41, 5.74) is 0.149. The lowest BCUT2D eigenvalue weighted by Crippen LogP contribution is -1.89. The highest BCUT2D eigenvalue weighted by molar-refractivity contribution is 6.32. The zero-order valence-corrected chi connectivity index (χ0v) is 7.15. The Bertz CT molecular complexity index is 341. The molecule has 0 fully saturated rings. The van der Waals surface area contributed by atoms with E-state index in [-0.39, 0.29) is 10.6 Å². The number of ether oxygens (including phenoxy) is 1. The Balaban J connectivity index is 3.30. The number of hydrogen-bond acceptors (Lipinski definition) is 1. The Kier molecular flexibility index (Phi) is 2.57. The van der Waals surface area contributed by atoms with Crippen molar-refractivity contribution in [3.05, 3.63) is 28.5 Å². The molecule has 0 saturated carbocycles. The third kappa shape index (κ3) is 1.51. The maximum absolute atomic E-state index is 12.9. The normalized spacial score (nSPS) is 9.17. The molecule has 3 heteroatoms. The van der Waals surface area contributed by atoms with Crippen LogP contribution in [0, 0.1) is 18.2 Å². The lowest BCUT2D eigenvalue weighted by molar-refractivity contribution is 0.413. The molecular formula is C9H6ClFO. The SMILES string of the molecule is C#Cc1cc(OC)c(Cl)cc1F. The molecule has 0 atom stereocenters. The Hall–Kier alpha value is -1.20. The van der Waals surface area contributed by atoms with Crippen LogP contribution in [-0.4, -0.2) is 7.11 Å². The second kappa shape index (κ2) is 3.46. The van der Waals surface area contributed by atoms with Crippen molar-refractivity contribution in [3.63, 3.8) is 0 Å². The van der Waals surface area contributed by atoms with Gasteiger partial charge in [0, 0.05) is 6.07 Å². The largest absolute Gasteiger partial charge is 0.495 e. The molecule has 0 N–H and O–H groups in total. The van der Waals surface area contributed by atoms with E-state index < -0.39 is 5.82 Å². The van der Waals surface area contributed by atoms with Gasteiger partial charge in [0.25, 0.3) is 0 Å². The second-order valence-corrected chi connectivity index (χ2v) is 2.52. The molecule has 0 saturated heterocycles. The van der Waals surface area contributed by atoms with Crippen LogP contribution in [0.5, 0.6) is 5.75 Å². The summed E-state index contributed by atoms with van der Waals surface area (Å²) in [6, 6.07) is 2.52. The molecule has 1 aromatic rings. The lowest BCUT2D eigenvalue weighted by Gasteiger charge is -2.03. The van der Waals surface area contributed by atoms with Gasteiger partial charge in [-0.05, 0) is 6.07 Å². The van der Waals surface area contributed by atoms with E-state index in [1.54, 1.807) is 0 Å². The molecule has 1 rings (SSSR count). The van der Waals surface area contributed by atoms with Crippen molar-refractivity contribution in [2.45, 2.75) is 0 Å². The van der Waals surface area contributed by atoms with Gasteiger partial charge in [-0.15, -0.1) is 6.42 Å². The maximum Gasteiger partial charge on any atom is 0.140 e. The molecule has 0 bridgehead atoms. The monoisotopic (exact) mass is 184 g/mol. The van der Waals surface area contributed by atoms with Crippen LogP contribution in [0.4, 0.5) is 4.39 Å². The Morgan fingerprint density at radius 2 is 2.25 bits per heavy atom. The summed E-state index contributed by atoms with van der Waals surface area (Å²) in [4.78, 5) is 0. The average Bonchev–Trinajstić information content (AvgIpc) is 2.05. The highest BCUT2D eigenvalue weighted by atomic mass is 35.5. The molecule has 12 heavy (non-hydrogen) atoms. The smallest absolute Gasteiger partial charge is 0.140 e. The van der Waals surface area contributed by atoms with Gasteiger partial charge in [-0.25, -0.2) is 4.39 Å². The fourth-order valence-electron chi connectivity index (χ4n) is 0.796. The highest BCUT2D eigenvalue weighted by Crippen LogP contribution is 2.26. The minimum Gasteiger partial charge on any atom is -0.495 e. The van der Waals surface area contributed by atoms with Crippen molar-refractivity contribution < 1.29 is 9.13 Å². The lowest BCUT2D eigenvalue weighted by atomic mass is 10.2. The quantitative estimate of drug-likeness (QED) is 0.610. The first kappa shape index (κ1) is 8.89. The number of halogens is 2. The van der Waals surface area contributed by atoms with Crippen molar-refractivity contribution in [3.8, 4) is 18.1 Å². The number of rotatable bonds is 1. The molecule has 0 amide bonds. The first-order valence-electron chi connectivity index (χ1n) is 3.18. The minimum atomic E-state index is -0.511. The standard InChI is InChI=1S/C9H6ClFO/c1-3-6-4-9(12-2)7(10)5-8(6)11/h1,4-5H,2H3.